The third-order valence-corrected chi connectivity index (χ3v) is 9.34. The number of fused-ring (bicyclic) bond motifs is 3. The number of hydrogen-bond donors (Lipinski definition) is 0. The molecule has 0 aliphatic heterocycles. The fourth-order valence-corrected chi connectivity index (χ4v) is 6.90. The zero-order valence-corrected chi connectivity index (χ0v) is 26.2. The van der Waals surface area contributed by atoms with Gasteiger partial charge in [0.25, 0.3) is 0 Å². The van der Waals surface area contributed by atoms with Gasteiger partial charge in [-0.2, -0.15) is 0 Å². The average molecular weight is 612 g/mol. The number of nitrogens with zero attached hydrogens (tertiary/aromatic N) is 3. The van der Waals surface area contributed by atoms with Gasteiger partial charge in [0, 0.05) is 51.8 Å². The van der Waals surface area contributed by atoms with Crippen molar-refractivity contribution in [2.45, 2.75) is 12.8 Å². The molecule has 0 atom stereocenters. The Kier molecular flexibility index (Phi) is 6.84. The van der Waals surface area contributed by atoms with Crippen molar-refractivity contribution in [1.29, 1.82) is 0 Å². The molecule has 2 heterocycles. The maximum absolute atomic E-state index is 5.34. The number of aromatic nitrogens is 3. The Hall–Kier alpha value is -6.37. The number of hydrogen-bond acceptors (Lipinski definition) is 3. The third kappa shape index (κ3) is 5.01. The molecule has 7 aromatic rings. The van der Waals surface area contributed by atoms with Gasteiger partial charge in [-0.15, -0.1) is 0 Å². The van der Waals surface area contributed by atoms with Crippen molar-refractivity contribution in [3.05, 3.63) is 168 Å². The summed E-state index contributed by atoms with van der Waals surface area (Å²) in [7, 11) is 0. The Labute approximate surface area is 279 Å². The molecule has 224 valence electrons. The van der Waals surface area contributed by atoms with E-state index in [9.17, 15) is 0 Å². The number of benzene rings is 5. The predicted molar refractivity (Wildman–Crippen MR) is 198 cm³/mol. The molecular weight excluding hydrogens is 583 g/mol. The van der Waals surface area contributed by atoms with E-state index in [1.54, 1.807) is 0 Å². The first kappa shape index (κ1) is 27.9. The molecule has 0 bridgehead atoms. The SMILES string of the molecule is C1=C=Cc2c(cccc2-c2ncc(-c3cccc(-c4cncc5ccccc45)c3)c(-c3cccc(-c4ccc5c(c4)CCC=C5)c3)n2)C=1. The normalized spacial score (nSPS) is 12.7. The molecule has 5 aromatic carbocycles. The summed E-state index contributed by atoms with van der Waals surface area (Å²) in [4.78, 5) is 14.9. The molecule has 0 spiro atoms. The Morgan fingerprint density at radius 3 is 2.31 bits per heavy atom. The summed E-state index contributed by atoms with van der Waals surface area (Å²) in [6, 6.07) is 38.8. The van der Waals surface area contributed by atoms with Crippen molar-refractivity contribution >= 4 is 29.0 Å². The topological polar surface area (TPSA) is 38.7 Å². The molecule has 0 saturated carbocycles. The molecule has 0 radical (unpaired) electrons. The summed E-state index contributed by atoms with van der Waals surface area (Å²) in [5.74, 6) is 0.680. The lowest BCUT2D eigenvalue weighted by Crippen LogP contribution is -1.99. The first-order valence-corrected chi connectivity index (χ1v) is 16.3. The first-order valence-electron chi connectivity index (χ1n) is 16.3. The van der Waals surface area contributed by atoms with Gasteiger partial charge >= 0.3 is 0 Å². The summed E-state index contributed by atoms with van der Waals surface area (Å²) in [6.07, 6.45) is 16.4. The fraction of sp³-hybridized carbons (Fsp3) is 0.0444. The fourth-order valence-electron chi connectivity index (χ4n) is 6.90. The van der Waals surface area contributed by atoms with Crippen LogP contribution in [0.1, 0.15) is 28.7 Å². The monoisotopic (exact) mass is 611 g/mol. The van der Waals surface area contributed by atoms with Crippen molar-refractivity contribution in [3.63, 3.8) is 0 Å². The largest absolute Gasteiger partial charge is 0.263 e. The van der Waals surface area contributed by atoms with Crippen molar-refractivity contribution in [3.8, 4) is 56.0 Å². The molecular formula is C45H29N3. The second-order valence-corrected chi connectivity index (χ2v) is 12.3. The van der Waals surface area contributed by atoms with Gasteiger partial charge in [0.15, 0.2) is 5.82 Å². The van der Waals surface area contributed by atoms with Crippen LogP contribution in [-0.2, 0) is 6.42 Å². The lowest BCUT2D eigenvalue weighted by Gasteiger charge is -2.16. The van der Waals surface area contributed by atoms with Crippen LogP contribution in [-0.4, -0.2) is 15.0 Å². The lowest BCUT2D eigenvalue weighted by molar-refractivity contribution is 0.986. The average Bonchev–Trinajstić information content (AvgIpc) is 3.17. The van der Waals surface area contributed by atoms with Crippen molar-refractivity contribution in [2.24, 2.45) is 0 Å². The van der Waals surface area contributed by atoms with E-state index in [-0.39, 0.29) is 0 Å². The Morgan fingerprint density at radius 2 is 1.35 bits per heavy atom. The van der Waals surface area contributed by atoms with Crippen LogP contribution in [0.15, 0.2) is 145 Å². The number of pyridine rings is 1. The van der Waals surface area contributed by atoms with Crippen LogP contribution >= 0.6 is 0 Å². The van der Waals surface area contributed by atoms with Gasteiger partial charge in [-0.1, -0.05) is 121 Å². The maximum Gasteiger partial charge on any atom is 0.160 e. The molecule has 0 unspecified atom stereocenters. The van der Waals surface area contributed by atoms with E-state index in [1.165, 1.54) is 27.6 Å². The second kappa shape index (κ2) is 11.8. The van der Waals surface area contributed by atoms with Crippen LogP contribution < -0.4 is 0 Å². The van der Waals surface area contributed by atoms with E-state index in [2.05, 4.69) is 138 Å². The van der Waals surface area contributed by atoms with Gasteiger partial charge in [-0.3, -0.25) is 4.98 Å². The van der Waals surface area contributed by atoms with E-state index < -0.39 is 0 Å². The van der Waals surface area contributed by atoms with E-state index in [0.717, 1.165) is 68.4 Å². The summed E-state index contributed by atoms with van der Waals surface area (Å²) >= 11 is 0. The van der Waals surface area contributed by atoms with Gasteiger partial charge in [0.1, 0.15) is 0 Å². The molecule has 2 aliphatic carbocycles. The quantitative estimate of drug-likeness (QED) is 0.182. The zero-order chi connectivity index (χ0) is 31.9. The minimum atomic E-state index is 0.680. The molecule has 0 N–H and O–H groups in total. The van der Waals surface area contributed by atoms with Crippen LogP contribution in [0.5, 0.6) is 0 Å². The molecule has 2 aliphatic rings. The highest BCUT2D eigenvalue weighted by molar-refractivity contribution is 5.97. The summed E-state index contributed by atoms with van der Waals surface area (Å²) < 4.78 is 0. The zero-order valence-electron chi connectivity index (χ0n) is 26.2. The van der Waals surface area contributed by atoms with E-state index in [1.807, 2.05) is 30.7 Å². The lowest BCUT2D eigenvalue weighted by atomic mass is 9.91. The predicted octanol–water partition coefficient (Wildman–Crippen LogP) is 11.1. The number of rotatable bonds is 5. The second-order valence-electron chi connectivity index (χ2n) is 12.3. The molecule has 0 amide bonds. The molecule has 2 aromatic heterocycles. The van der Waals surface area contributed by atoms with E-state index >= 15 is 0 Å². The van der Waals surface area contributed by atoms with Gasteiger partial charge in [-0.25, -0.2) is 9.97 Å². The van der Waals surface area contributed by atoms with Crippen LogP contribution in [0.4, 0.5) is 0 Å². The standard InChI is InChI=1S/C45H29N3/c1-2-12-32-24-34(23-22-30(32)10-1)33-15-7-18-37(25-33)44-43(29-47-45(48-44)41-21-9-14-31-11-3-5-19-39(31)41)36-17-8-16-35(26-36)42-28-46-27-38-13-4-6-20-40(38)42/h1,4,6-11,13-29H,2,12H2. The minimum absolute atomic E-state index is 0.680. The number of allylic oxidation sites excluding steroid dienone is 1. The van der Waals surface area contributed by atoms with Crippen LogP contribution in [0.3, 0.4) is 0 Å². The van der Waals surface area contributed by atoms with Crippen LogP contribution in [0, 0.1) is 0 Å². The minimum Gasteiger partial charge on any atom is -0.263 e. The first-order chi connectivity index (χ1) is 23.8. The highest BCUT2D eigenvalue weighted by atomic mass is 14.9. The van der Waals surface area contributed by atoms with E-state index in [4.69, 9.17) is 9.97 Å². The molecule has 3 nitrogen and oxygen atoms in total. The maximum atomic E-state index is 5.34. The summed E-state index contributed by atoms with van der Waals surface area (Å²) in [5.41, 5.74) is 20.6. The highest BCUT2D eigenvalue weighted by Crippen LogP contribution is 2.38. The molecule has 9 rings (SSSR count). The Morgan fingerprint density at radius 1 is 0.562 bits per heavy atom. The van der Waals surface area contributed by atoms with Crippen molar-refractivity contribution in [1.82, 2.24) is 15.0 Å². The summed E-state index contributed by atoms with van der Waals surface area (Å²) in [6.45, 7) is 0. The van der Waals surface area contributed by atoms with Gasteiger partial charge < -0.3 is 0 Å². The van der Waals surface area contributed by atoms with Crippen LogP contribution in [0.2, 0.25) is 0 Å². The van der Waals surface area contributed by atoms with Gasteiger partial charge in [-0.05, 0) is 81.5 Å². The Balaban J connectivity index is 1.22. The molecule has 3 heteroatoms. The molecule has 48 heavy (non-hydrogen) atoms. The van der Waals surface area contributed by atoms with Gasteiger partial charge in [0.2, 0.25) is 0 Å². The molecule has 0 saturated heterocycles. The third-order valence-electron chi connectivity index (χ3n) is 9.34. The smallest absolute Gasteiger partial charge is 0.160 e. The van der Waals surface area contributed by atoms with Gasteiger partial charge in [0.05, 0.1) is 5.69 Å². The number of aryl methyl sites for hydroxylation is 1. The Bertz CT molecular complexity index is 2540. The van der Waals surface area contributed by atoms with Crippen molar-refractivity contribution in [2.75, 3.05) is 0 Å². The summed E-state index contributed by atoms with van der Waals surface area (Å²) in [5, 5.41) is 2.29. The molecule has 0 fully saturated rings. The highest BCUT2D eigenvalue weighted by Gasteiger charge is 2.18. The van der Waals surface area contributed by atoms with E-state index in [0.29, 0.717) is 5.82 Å². The van der Waals surface area contributed by atoms with Crippen molar-refractivity contribution < 1.29 is 0 Å². The van der Waals surface area contributed by atoms with Crippen LogP contribution in [0.25, 0.3) is 85.0 Å².